The first-order chi connectivity index (χ1) is 10.9. The molecule has 3 rings (SSSR count). The summed E-state index contributed by atoms with van der Waals surface area (Å²) in [6, 6.07) is 21.4. The first-order valence-electron chi connectivity index (χ1n) is 7.18. The van der Waals surface area contributed by atoms with Crippen molar-refractivity contribution in [1.29, 1.82) is 0 Å². The summed E-state index contributed by atoms with van der Waals surface area (Å²) in [6.07, 6.45) is 3.33. The predicted octanol–water partition coefficient (Wildman–Crippen LogP) is 3.74. The molecule has 1 N–H and O–H groups in total. The van der Waals surface area contributed by atoms with Gasteiger partial charge in [0.25, 0.3) is 0 Å². The van der Waals surface area contributed by atoms with Crippen LogP contribution in [0.1, 0.15) is 22.8 Å². The number of ether oxygens (including phenoxy) is 1. The zero-order chi connectivity index (χ0) is 15.2. The topological polar surface area (TPSA) is 42.4 Å². The van der Waals surface area contributed by atoms with Crippen LogP contribution in [-0.2, 0) is 6.61 Å². The zero-order valence-corrected chi connectivity index (χ0v) is 12.1. The Labute approximate surface area is 129 Å². The van der Waals surface area contributed by atoms with Gasteiger partial charge in [0.2, 0.25) is 0 Å². The SMILES string of the molecule is OCc1cccc(OC(c2ccccc2)c2cccnc2)c1. The smallest absolute Gasteiger partial charge is 0.150 e. The van der Waals surface area contributed by atoms with E-state index in [2.05, 4.69) is 4.98 Å². The number of hydrogen-bond acceptors (Lipinski definition) is 3. The lowest BCUT2D eigenvalue weighted by Gasteiger charge is -2.20. The lowest BCUT2D eigenvalue weighted by molar-refractivity contribution is 0.244. The molecule has 0 bridgehead atoms. The Morgan fingerprint density at radius 2 is 1.73 bits per heavy atom. The molecule has 0 spiro atoms. The van der Waals surface area contributed by atoms with Crippen molar-refractivity contribution in [2.24, 2.45) is 0 Å². The van der Waals surface area contributed by atoms with Crippen LogP contribution in [0.4, 0.5) is 0 Å². The summed E-state index contributed by atoms with van der Waals surface area (Å²) in [6.45, 7) is 0.0000954. The molecule has 0 saturated heterocycles. The monoisotopic (exact) mass is 291 g/mol. The molecule has 22 heavy (non-hydrogen) atoms. The van der Waals surface area contributed by atoms with Crippen molar-refractivity contribution < 1.29 is 9.84 Å². The van der Waals surface area contributed by atoms with Gasteiger partial charge in [-0.25, -0.2) is 0 Å². The van der Waals surface area contributed by atoms with E-state index in [4.69, 9.17) is 4.74 Å². The fourth-order valence-electron chi connectivity index (χ4n) is 2.34. The van der Waals surface area contributed by atoms with Gasteiger partial charge in [-0.3, -0.25) is 4.98 Å². The van der Waals surface area contributed by atoms with Crippen LogP contribution in [0.5, 0.6) is 5.75 Å². The minimum atomic E-state index is -0.233. The maximum Gasteiger partial charge on any atom is 0.150 e. The molecule has 1 unspecified atom stereocenters. The standard InChI is InChI=1S/C19H17NO2/c21-14-15-6-4-10-18(12-15)22-19(16-7-2-1-3-8-16)17-9-5-11-20-13-17/h1-13,19,21H,14H2. The second kappa shape index (κ2) is 6.87. The Morgan fingerprint density at radius 3 is 2.45 bits per heavy atom. The van der Waals surface area contributed by atoms with E-state index in [1.54, 1.807) is 6.20 Å². The molecule has 0 aliphatic heterocycles. The molecule has 3 nitrogen and oxygen atoms in total. The van der Waals surface area contributed by atoms with Crippen LogP contribution >= 0.6 is 0 Å². The molecular weight excluding hydrogens is 274 g/mol. The molecular formula is C19H17NO2. The number of benzene rings is 2. The van der Waals surface area contributed by atoms with Crippen LogP contribution in [0.3, 0.4) is 0 Å². The first-order valence-corrected chi connectivity index (χ1v) is 7.18. The van der Waals surface area contributed by atoms with Gasteiger partial charge in [-0.2, -0.15) is 0 Å². The number of pyridine rings is 1. The Kier molecular flexibility index (Phi) is 4.47. The molecule has 1 heterocycles. The Balaban J connectivity index is 1.95. The molecule has 3 heteroatoms. The largest absolute Gasteiger partial charge is 0.481 e. The molecule has 0 saturated carbocycles. The quantitative estimate of drug-likeness (QED) is 0.778. The van der Waals surface area contributed by atoms with E-state index in [9.17, 15) is 5.11 Å². The first kappa shape index (κ1) is 14.3. The zero-order valence-electron chi connectivity index (χ0n) is 12.1. The average molecular weight is 291 g/mol. The van der Waals surface area contributed by atoms with Crippen molar-refractivity contribution in [1.82, 2.24) is 4.98 Å². The van der Waals surface area contributed by atoms with E-state index < -0.39 is 0 Å². The van der Waals surface area contributed by atoms with Gasteiger partial charge in [-0.05, 0) is 29.3 Å². The fourth-order valence-corrected chi connectivity index (χ4v) is 2.34. The third-order valence-corrected chi connectivity index (χ3v) is 3.42. The summed E-state index contributed by atoms with van der Waals surface area (Å²) in [4.78, 5) is 4.19. The highest BCUT2D eigenvalue weighted by Gasteiger charge is 2.16. The number of rotatable bonds is 5. The van der Waals surface area contributed by atoms with Gasteiger partial charge in [0.15, 0.2) is 6.10 Å². The van der Waals surface area contributed by atoms with Gasteiger partial charge in [0, 0.05) is 18.0 Å². The van der Waals surface area contributed by atoms with Crippen LogP contribution < -0.4 is 4.74 Å². The Morgan fingerprint density at radius 1 is 0.909 bits per heavy atom. The Bertz CT molecular complexity index is 674. The Hall–Kier alpha value is -2.65. The van der Waals surface area contributed by atoms with Crippen LogP contribution in [0, 0.1) is 0 Å². The molecule has 1 aromatic heterocycles. The number of hydrogen-bond donors (Lipinski definition) is 1. The summed E-state index contributed by atoms with van der Waals surface area (Å²) >= 11 is 0. The molecule has 0 aliphatic carbocycles. The highest BCUT2D eigenvalue weighted by molar-refractivity contribution is 5.33. The van der Waals surface area contributed by atoms with Crippen LogP contribution in [0.2, 0.25) is 0 Å². The van der Waals surface area contributed by atoms with Crippen molar-refractivity contribution in [2.75, 3.05) is 0 Å². The fraction of sp³-hybridized carbons (Fsp3) is 0.105. The summed E-state index contributed by atoms with van der Waals surface area (Å²) in [5.74, 6) is 0.726. The second-order valence-electron chi connectivity index (χ2n) is 5.00. The van der Waals surface area contributed by atoms with Gasteiger partial charge in [-0.1, -0.05) is 48.5 Å². The van der Waals surface area contributed by atoms with Gasteiger partial charge < -0.3 is 9.84 Å². The van der Waals surface area contributed by atoms with Gasteiger partial charge in [0.1, 0.15) is 5.75 Å². The molecule has 2 aromatic carbocycles. The molecule has 1 atom stereocenters. The average Bonchev–Trinajstić information content (AvgIpc) is 2.61. The van der Waals surface area contributed by atoms with E-state index in [-0.39, 0.29) is 12.7 Å². The molecule has 110 valence electrons. The van der Waals surface area contributed by atoms with E-state index in [0.29, 0.717) is 0 Å². The molecule has 0 radical (unpaired) electrons. The van der Waals surface area contributed by atoms with Crippen molar-refractivity contribution >= 4 is 0 Å². The normalized spacial score (nSPS) is 11.9. The minimum absolute atomic E-state index is 0.0000954. The van der Waals surface area contributed by atoms with Crippen LogP contribution in [-0.4, -0.2) is 10.1 Å². The highest BCUT2D eigenvalue weighted by atomic mass is 16.5. The second-order valence-corrected chi connectivity index (χ2v) is 5.00. The summed E-state index contributed by atoms with van der Waals surface area (Å²) < 4.78 is 6.18. The van der Waals surface area contributed by atoms with Gasteiger partial charge >= 0.3 is 0 Å². The summed E-state index contributed by atoms with van der Waals surface area (Å²) in [5, 5.41) is 9.26. The van der Waals surface area contributed by atoms with Crippen molar-refractivity contribution in [3.05, 3.63) is 95.8 Å². The maximum atomic E-state index is 9.26. The van der Waals surface area contributed by atoms with Crippen LogP contribution in [0.15, 0.2) is 79.1 Å². The molecule has 3 aromatic rings. The number of aromatic nitrogens is 1. The number of nitrogens with zero attached hydrogens (tertiary/aromatic N) is 1. The number of aliphatic hydroxyl groups excluding tert-OH is 1. The summed E-state index contributed by atoms with van der Waals surface area (Å²) in [5.41, 5.74) is 2.88. The molecule has 0 fully saturated rings. The molecule has 0 aliphatic rings. The van der Waals surface area contributed by atoms with E-state index in [1.807, 2.05) is 72.9 Å². The van der Waals surface area contributed by atoms with Gasteiger partial charge in [0.05, 0.1) is 6.61 Å². The number of aliphatic hydroxyl groups is 1. The highest BCUT2D eigenvalue weighted by Crippen LogP contribution is 2.28. The molecule has 0 amide bonds. The van der Waals surface area contributed by atoms with E-state index in [0.717, 1.165) is 22.4 Å². The van der Waals surface area contributed by atoms with E-state index >= 15 is 0 Å². The van der Waals surface area contributed by atoms with E-state index in [1.165, 1.54) is 0 Å². The lowest BCUT2D eigenvalue weighted by atomic mass is 10.0. The van der Waals surface area contributed by atoms with Crippen LogP contribution in [0.25, 0.3) is 0 Å². The van der Waals surface area contributed by atoms with Gasteiger partial charge in [-0.15, -0.1) is 0 Å². The predicted molar refractivity (Wildman–Crippen MR) is 85.5 cm³/mol. The van der Waals surface area contributed by atoms with Crippen molar-refractivity contribution in [3.63, 3.8) is 0 Å². The third-order valence-electron chi connectivity index (χ3n) is 3.42. The van der Waals surface area contributed by atoms with Crippen molar-refractivity contribution in [2.45, 2.75) is 12.7 Å². The maximum absolute atomic E-state index is 9.26. The summed E-state index contributed by atoms with van der Waals surface area (Å²) in [7, 11) is 0. The third kappa shape index (κ3) is 3.32. The lowest BCUT2D eigenvalue weighted by Crippen LogP contribution is -2.09. The minimum Gasteiger partial charge on any atom is -0.481 e. The van der Waals surface area contributed by atoms with Crippen molar-refractivity contribution in [3.8, 4) is 5.75 Å².